The van der Waals surface area contributed by atoms with Crippen molar-refractivity contribution >= 4 is 16.8 Å². The summed E-state index contributed by atoms with van der Waals surface area (Å²) in [4.78, 5) is 18.7. The summed E-state index contributed by atoms with van der Waals surface area (Å²) < 4.78 is 24.6. The Labute approximate surface area is 203 Å². The van der Waals surface area contributed by atoms with Crippen molar-refractivity contribution in [3.8, 4) is 5.75 Å². The van der Waals surface area contributed by atoms with Crippen LogP contribution >= 0.6 is 0 Å². The van der Waals surface area contributed by atoms with E-state index in [0.717, 1.165) is 42.9 Å². The Hall–Kier alpha value is -3.84. The van der Waals surface area contributed by atoms with E-state index in [-0.39, 0.29) is 18.0 Å². The molecule has 1 aliphatic rings. The summed E-state index contributed by atoms with van der Waals surface area (Å²) >= 11 is 0. The van der Waals surface area contributed by atoms with E-state index >= 15 is 0 Å². The summed E-state index contributed by atoms with van der Waals surface area (Å²) in [6, 6.07) is 22.2. The molecule has 35 heavy (non-hydrogen) atoms. The van der Waals surface area contributed by atoms with Crippen LogP contribution in [0, 0.1) is 5.82 Å². The molecule has 0 spiro atoms. The third kappa shape index (κ3) is 5.00. The van der Waals surface area contributed by atoms with Crippen molar-refractivity contribution in [1.82, 2.24) is 9.88 Å². The lowest BCUT2D eigenvalue weighted by atomic mass is 9.97. The number of nitrogens with one attached hydrogen (secondary N) is 1. The van der Waals surface area contributed by atoms with Crippen molar-refractivity contribution in [2.24, 2.45) is 0 Å². The highest BCUT2D eigenvalue weighted by atomic mass is 19.1. The Bertz CT molecular complexity index is 1360. The number of hydrogen-bond donors (Lipinski definition) is 1. The third-order valence-corrected chi connectivity index (χ3v) is 6.61. The first-order chi connectivity index (χ1) is 17.0. The van der Waals surface area contributed by atoms with Crippen LogP contribution in [0.1, 0.15) is 24.4 Å². The number of anilines is 1. The largest absolute Gasteiger partial charge is 0.490 e. The van der Waals surface area contributed by atoms with Crippen LogP contribution in [0.25, 0.3) is 11.1 Å². The van der Waals surface area contributed by atoms with Crippen LogP contribution in [0.3, 0.4) is 0 Å². The fourth-order valence-electron chi connectivity index (χ4n) is 4.70. The minimum Gasteiger partial charge on any atom is -0.490 e. The monoisotopic (exact) mass is 473 g/mol. The first kappa shape index (κ1) is 22.9. The lowest BCUT2D eigenvalue weighted by Gasteiger charge is -2.40. The van der Waals surface area contributed by atoms with Gasteiger partial charge >= 0.3 is 5.76 Å². The molecule has 1 aliphatic heterocycles. The lowest BCUT2D eigenvalue weighted by Crippen LogP contribution is -2.42. The second-order valence-corrected chi connectivity index (χ2v) is 8.87. The summed E-state index contributed by atoms with van der Waals surface area (Å²) in [7, 11) is 1.98. The number of rotatable bonds is 7. The maximum absolute atomic E-state index is 13.2. The molecule has 7 heteroatoms. The molecule has 1 aromatic heterocycles. The molecule has 2 heterocycles. The molecule has 6 nitrogen and oxygen atoms in total. The topological polar surface area (TPSA) is 61.7 Å². The van der Waals surface area contributed by atoms with Crippen molar-refractivity contribution in [3.63, 3.8) is 0 Å². The maximum Gasteiger partial charge on any atom is 0.417 e. The summed E-state index contributed by atoms with van der Waals surface area (Å²) in [6.45, 7) is 6.16. The quantitative estimate of drug-likeness (QED) is 0.384. The van der Waals surface area contributed by atoms with Gasteiger partial charge in [0.25, 0.3) is 0 Å². The van der Waals surface area contributed by atoms with Crippen LogP contribution in [-0.2, 0) is 0 Å². The molecule has 1 unspecified atom stereocenters. The molecule has 0 bridgehead atoms. The first-order valence-corrected chi connectivity index (χ1v) is 11.7. The number of hydrogen-bond acceptors (Lipinski definition) is 5. The van der Waals surface area contributed by atoms with Gasteiger partial charge in [-0.1, -0.05) is 36.9 Å². The fourth-order valence-corrected chi connectivity index (χ4v) is 4.70. The second-order valence-electron chi connectivity index (χ2n) is 8.87. The van der Waals surface area contributed by atoms with Crippen molar-refractivity contribution < 1.29 is 13.5 Å². The highest BCUT2D eigenvalue weighted by molar-refractivity contribution is 5.77. The molecule has 0 aliphatic carbocycles. The van der Waals surface area contributed by atoms with Gasteiger partial charge in [0, 0.05) is 37.6 Å². The van der Waals surface area contributed by atoms with E-state index in [2.05, 4.69) is 28.6 Å². The predicted molar refractivity (Wildman–Crippen MR) is 135 cm³/mol. The number of nitrogens with zero attached hydrogens (tertiary/aromatic N) is 2. The molecule has 0 amide bonds. The van der Waals surface area contributed by atoms with Gasteiger partial charge in [0.2, 0.25) is 0 Å². The van der Waals surface area contributed by atoms with Crippen LogP contribution in [0.2, 0.25) is 0 Å². The normalized spacial score (nSPS) is 15.7. The van der Waals surface area contributed by atoms with Crippen LogP contribution in [0.5, 0.6) is 5.75 Å². The number of aromatic amines is 1. The second kappa shape index (κ2) is 9.80. The highest BCUT2D eigenvalue weighted by Crippen LogP contribution is 2.35. The van der Waals surface area contributed by atoms with E-state index in [1.165, 1.54) is 12.1 Å². The number of fused-ring (bicyclic) bond motifs is 1. The fraction of sp³-hybridized carbons (Fsp3) is 0.250. The molecule has 4 aromatic rings. The number of piperidine rings is 1. The van der Waals surface area contributed by atoms with Gasteiger partial charge in [-0.25, -0.2) is 9.18 Å². The van der Waals surface area contributed by atoms with Gasteiger partial charge in [0.1, 0.15) is 17.7 Å². The first-order valence-electron chi connectivity index (χ1n) is 11.7. The molecule has 0 saturated carbocycles. The van der Waals surface area contributed by atoms with Gasteiger partial charge in [-0.3, -0.25) is 9.88 Å². The van der Waals surface area contributed by atoms with Gasteiger partial charge in [0.15, 0.2) is 5.58 Å². The van der Waals surface area contributed by atoms with Crippen LogP contribution in [0.4, 0.5) is 10.1 Å². The molecule has 5 rings (SSSR count). The molecule has 1 saturated heterocycles. The highest BCUT2D eigenvalue weighted by Gasteiger charge is 2.30. The minimum absolute atomic E-state index is 0.0260. The molecular weight excluding hydrogens is 445 g/mol. The molecule has 1 fully saturated rings. The lowest BCUT2D eigenvalue weighted by molar-refractivity contribution is 0.0833. The van der Waals surface area contributed by atoms with E-state index in [1.54, 1.807) is 12.1 Å². The zero-order valence-electron chi connectivity index (χ0n) is 19.6. The van der Waals surface area contributed by atoms with Crippen LogP contribution in [0.15, 0.2) is 94.3 Å². The Balaban J connectivity index is 1.34. The van der Waals surface area contributed by atoms with Crippen LogP contribution in [-0.4, -0.2) is 36.1 Å². The number of H-pyrrole nitrogens is 1. The summed E-state index contributed by atoms with van der Waals surface area (Å²) in [5, 5.41) is 0. The van der Waals surface area contributed by atoms with Crippen molar-refractivity contribution in [2.45, 2.75) is 25.0 Å². The van der Waals surface area contributed by atoms with Gasteiger partial charge in [-0.2, -0.15) is 0 Å². The van der Waals surface area contributed by atoms with E-state index in [9.17, 15) is 9.18 Å². The van der Waals surface area contributed by atoms with Crippen LogP contribution < -0.4 is 15.4 Å². The minimum atomic E-state index is -0.466. The Morgan fingerprint density at radius 2 is 1.83 bits per heavy atom. The van der Waals surface area contributed by atoms with E-state index in [0.29, 0.717) is 16.8 Å². The summed E-state index contributed by atoms with van der Waals surface area (Å²) in [5.41, 5.74) is 4.16. The SMILES string of the molecule is C=C(C(c1ccccc1)N1CCC(Oc2ccc(F)cc2)CC1)N(C)c1ccc2[nH]c(=O)oc2c1. The zero-order valence-corrected chi connectivity index (χ0v) is 19.6. The molecular formula is C28H28FN3O3. The molecule has 1 atom stereocenters. The van der Waals surface area contributed by atoms with Gasteiger partial charge < -0.3 is 14.1 Å². The zero-order chi connectivity index (χ0) is 24.4. The van der Waals surface area contributed by atoms with E-state index in [1.807, 2.05) is 48.3 Å². The van der Waals surface area contributed by atoms with E-state index < -0.39 is 5.76 Å². The summed E-state index contributed by atoms with van der Waals surface area (Å²) in [5.74, 6) is -0.0368. The number of oxazole rings is 1. The Kier molecular flexibility index (Phi) is 6.42. The summed E-state index contributed by atoms with van der Waals surface area (Å²) in [6.07, 6.45) is 1.80. The van der Waals surface area contributed by atoms with Crippen molar-refractivity contribution in [3.05, 3.63) is 107 Å². The standard InChI is InChI=1S/C28H28FN3O3/c1-19(31(2)22-10-13-25-26(18-22)35-28(33)30-25)27(20-6-4-3-5-7-20)32-16-14-24(15-17-32)34-23-11-8-21(29)9-12-23/h3-13,18,24,27H,1,14-17H2,2H3,(H,30,33). The smallest absolute Gasteiger partial charge is 0.417 e. The molecule has 0 radical (unpaired) electrons. The Morgan fingerprint density at radius 3 is 2.54 bits per heavy atom. The number of ether oxygens (including phenoxy) is 1. The average Bonchev–Trinajstić information content (AvgIpc) is 3.26. The Morgan fingerprint density at radius 1 is 1.11 bits per heavy atom. The average molecular weight is 474 g/mol. The number of aromatic nitrogens is 1. The maximum atomic E-state index is 13.2. The predicted octanol–water partition coefficient (Wildman–Crippen LogP) is 5.49. The molecule has 180 valence electrons. The number of likely N-dealkylation sites (tertiary alicyclic amines) is 1. The van der Waals surface area contributed by atoms with Gasteiger partial charge in [-0.15, -0.1) is 0 Å². The third-order valence-electron chi connectivity index (χ3n) is 6.61. The van der Waals surface area contributed by atoms with Crippen molar-refractivity contribution in [1.29, 1.82) is 0 Å². The van der Waals surface area contributed by atoms with Gasteiger partial charge in [0.05, 0.1) is 11.6 Å². The molecule has 1 N–H and O–H groups in total. The van der Waals surface area contributed by atoms with Gasteiger partial charge in [-0.05, 0) is 54.8 Å². The van der Waals surface area contributed by atoms with Crippen molar-refractivity contribution in [2.75, 3.05) is 25.0 Å². The van der Waals surface area contributed by atoms with E-state index in [4.69, 9.17) is 9.15 Å². The number of halogens is 1. The number of benzene rings is 3. The number of likely N-dealkylation sites (N-methyl/N-ethyl adjacent to an activating group) is 1. The molecule has 3 aromatic carbocycles.